The number of amides is 2. The number of hydrogen-bond donors (Lipinski definition) is 2. The lowest BCUT2D eigenvalue weighted by molar-refractivity contribution is -0.123. The first kappa shape index (κ1) is 29.9. The Balaban J connectivity index is 2.19. The minimum atomic E-state index is -1.17. The quantitative estimate of drug-likeness (QED) is 0.319. The van der Waals surface area contributed by atoms with Gasteiger partial charge in [0.25, 0.3) is 0 Å². The summed E-state index contributed by atoms with van der Waals surface area (Å²) in [5, 5.41) is 4.39. The van der Waals surface area contributed by atoms with Crippen LogP contribution in [0.15, 0.2) is 33.5 Å². The van der Waals surface area contributed by atoms with Crippen molar-refractivity contribution in [2.24, 2.45) is 10.8 Å². The Labute approximate surface area is 224 Å². The minimum absolute atomic E-state index is 0.0769. The smallest absolute Gasteiger partial charge is 0.229 e. The molecule has 1 heterocycles. The van der Waals surface area contributed by atoms with Gasteiger partial charge in [0.05, 0.1) is 28.9 Å². The zero-order chi connectivity index (χ0) is 29.3. The number of carbonyl (C=O) groups excluding carboxylic acids is 2. The average molecular weight is 547 g/mol. The van der Waals surface area contributed by atoms with E-state index >= 15 is 8.78 Å². The fraction of sp³-hybridized carbons (Fsp3) is 0.414. The lowest BCUT2D eigenvalue weighted by Crippen LogP contribution is -2.29. The number of anilines is 2. The molecule has 7 nitrogen and oxygen atoms in total. The van der Waals surface area contributed by atoms with Crippen molar-refractivity contribution in [1.82, 2.24) is 0 Å². The summed E-state index contributed by atoms with van der Waals surface area (Å²) in [6.45, 7) is 11.4. The average Bonchev–Trinajstić information content (AvgIpc) is 2.83. The van der Waals surface area contributed by atoms with E-state index in [1.807, 2.05) is 6.92 Å². The van der Waals surface area contributed by atoms with Crippen LogP contribution in [-0.2, 0) is 20.9 Å². The molecule has 0 aliphatic rings. The molecule has 2 aromatic carbocycles. The molecule has 3 aromatic rings. The van der Waals surface area contributed by atoms with E-state index in [9.17, 15) is 18.8 Å². The molecule has 0 bridgehead atoms. The van der Waals surface area contributed by atoms with Gasteiger partial charge in [-0.2, -0.15) is 0 Å². The van der Waals surface area contributed by atoms with Gasteiger partial charge in [-0.05, 0) is 24.6 Å². The van der Waals surface area contributed by atoms with Crippen LogP contribution in [0, 0.1) is 28.3 Å². The van der Waals surface area contributed by atoms with E-state index in [-0.39, 0.29) is 23.6 Å². The van der Waals surface area contributed by atoms with Crippen molar-refractivity contribution in [3.8, 4) is 11.3 Å². The van der Waals surface area contributed by atoms with Crippen LogP contribution in [0.5, 0.6) is 0 Å². The molecule has 0 aliphatic carbocycles. The van der Waals surface area contributed by atoms with Crippen molar-refractivity contribution < 1.29 is 31.9 Å². The monoisotopic (exact) mass is 546 g/mol. The first-order valence-electron chi connectivity index (χ1n) is 12.5. The summed E-state index contributed by atoms with van der Waals surface area (Å²) in [4.78, 5) is 38.1. The van der Waals surface area contributed by atoms with Gasteiger partial charge in [0.2, 0.25) is 11.8 Å². The Hall–Kier alpha value is -3.66. The molecular weight excluding hydrogens is 513 g/mol. The van der Waals surface area contributed by atoms with Gasteiger partial charge >= 0.3 is 0 Å². The van der Waals surface area contributed by atoms with Crippen LogP contribution in [0.2, 0.25) is 0 Å². The number of rotatable bonds is 7. The van der Waals surface area contributed by atoms with Crippen LogP contribution in [0.3, 0.4) is 0 Å². The van der Waals surface area contributed by atoms with Gasteiger partial charge < -0.3 is 19.8 Å². The van der Waals surface area contributed by atoms with Crippen molar-refractivity contribution in [3.63, 3.8) is 0 Å². The minimum Gasteiger partial charge on any atom is -0.453 e. The van der Waals surface area contributed by atoms with E-state index < -0.39 is 74.4 Å². The van der Waals surface area contributed by atoms with E-state index in [2.05, 4.69) is 10.6 Å². The van der Waals surface area contributed by atoms with Crippen LogP contribution in [0.25, 0.3) is 22.3 Å². The number of ether oxygens (including phenoxy) is 1. The summed E-state index contributed by atoms with van der Waals surface area (Å²) in [5.74, 6) is -4.32. The third-order valence-electron chi connectivity index (χ3n) is 5.84. The van der Waals surface area contributed by atoms with Crippen LogP contribution < -0.4 is 16.1 Å². The Bertz CT molecular complexity index is 1480. The van der Waals surface area contributed by atoms with Crippen molar-refractivity contribution in [3.05, 3.63) is 57.5 Å². The fourth-order valence-corrected chi connectivity index (χ4v) is 3.46. The maximum absolute atomic E-state index is 15.6. The van der Waals surface area contributed by atoms with E-state index in [4.69, 9.17) is 9.15 Å². The maximum Gasteiger partial charge on any atom is 0.229 e. The van der Waals surface area contributed by atoms with Crippen LogP contribution in [-0.4, -0.2) is 18.4 Å². The Morgan fingerprint density at radius 2 is 1.54 bits per heavy atom. The molecule has 39 heavy (non-hydrogen) atoms. The third kappa shape index (κ3) is 6.50. The summed E-state index contributed by atoms with van der Waals surface area (Å²) >= 11 is 0. The Morgan fingerprint density at radius 3 is 2.10 bits per heavy atom. The highest BCUT2D eigenvalue weighted by molar-refractivity contribution is 6.03. The maximum atomic E-state index is 15.6. The summed E-state index contributed by atoms with van der Waals surface area (Å²) in [7, 11) is 0. The molecule has 0 spiro atoms. The number of fused-ring (bicyclic) bond motifs is 1. The molecule has 2 amide bonds. The lowest BCUT2D eigenvalue weighted by Gasteiger charge is -2.20. The Kier molecular flexibility index (Phi) is 8.60. The second kappa shape index (κ2) is 11.2. The highest BCUT2D eigenvalue weighted by Crippen LogP contribution is 2.35. The molecule has 0 saturated carbocycles. The molecule has 10 heteroatoms. The van der Waals surface area contributed by atoms with Gasteiger partial charge in [-0.1, -0.05) is 48.5 Å². The molecular formula is C29H33F3N2O5. The van der Waals surface area contributed by atoms with Gasteiger partial charge in [-0.3, -0.25) is 14.4 Å². The SMILES string of the molecule is CCCOCc1c(F)c(NC(=O)C(C)(C)C)c2c(=O)cc(-c3ccc(NC(=O)C(C)(C)C)c(F)c3)oc2c1F. The molecule has 0 unspecified atom stereocenters. The van der Waals surface area contributed by atoms with Gasteiger partial charge in [-0.25, -0.2) is 13.2 Å². The standard InChI is InChI=1S/C29H33F3N2O5/c1-8-11-38-14-16-22(31)24(34-27(37)29(5,6)7)21-19(35)13-20(39-25(21)23(16)32)15-9-10-18(17(30)12-15)33-26(36)28(2,3)4/h9-10,12-13H,8,11,14H2,1-7H3,(H,33,36)(H,34,37). The molecule has 0 aliphatic heterocycles. The lowest BCUT2D eigenvalue weighted by atomic mass is 9.95. The zero-order valence-corrected chi connectivity index (χ0v) is 23.1. The van der Waals surface area contributed by atoms with E-state index in [0.29, 0.717) is 6.42 Å². The van der Waals surface area contributed by atoms with Gasteiger partial charge in [0, 0.05) is 29.1 Å². The number of carbonyl (C=O) groups is 2. The van der Waals surface area contributed by atoms with Crippen molar-refractivity contribution in [2.75, 3.05) is 17.2 Å². The van der Waals surface area contributed by atoms with Crippen molar-refractivity contribution in [2.45, 2.75) is 61.5 Å². The largest absolute Gasteiger partial charge is 0.453 e. The topological polar surface area (TPSA) is 97.6 Å². The number of nitrogens with one attached hydrogen (secondary N) is 2. The summed E-state index contributed by atoms with van der Waals surface area (Å²) in [6.07, 6.45) is 0.599. The highest BCUT2D eigenvalue weighted by atomic mass is 19.1. The number of hydrogen-bond acceptors (Lipinski definition) is 5. The second-order valence-electron chi connectivity index (χ2n) is 11.3. The normalized spacial score (nSPS) is 12.1. The molecule has 0 saturated heterocycles. The van der Waals surface area contributed by atoms with E-state index in [0.717, 1.165) is 12.1 Å². The zero-order valence-electron chi connectivity index (χ0n) is 23.1. The summed E-state index contributed by atoms with van der Waals surface area (Å²) < 4.78 is 57.0. The van der Waals surface area contributed by atoms with Gasteiger partial charge in [0.15, 0.2) is 22.6 Å². The molecule has 0 radical (unpaired) electrons. The number of halogens is 3. The fourth-order valence-electron chi connectivity index (χ4n) is 3.46. The van der Waals surface area contributed by atoms with Crippen molar-refractivity contribution >= 4 is 34.2 Å². The molecule has 1 aromatic heterocycles. The highest BCUT2D eigenvalue weighted by Gasteiger charge is 2.29. The van der Waals surface area contributed by atoms with Crippen LogP contribution >= 0.6 is 0 Å². The second-order valence-corrected chi connectivity index (χ2v) is 11.3. The summed E-state index contributed by atoms with van der Waals surface area (Å²) in [5.41, 5.74) is -4.22. The molecule has 0 fully saturated rings. The summed E-state index contributed by atoms with van der Waals surface area (Å²) in [6, 6.07) is 4.67. The molecule has 0 atom stereocenters. The predicted molar refractivity (Wildman–Crippen MR) is 144 cm³/mol. The van der Waals surface area contributed by atoms with Crippen LogP contribution in [0.1, 0.15) is 60.5 Å². The molecule has 3 rings (SSSR count). The Morgan fingerprint density at radius 1 is 0.923 bits per heavy atom. The molecule has 2 N–H and O–H groups in total. The van der Waals surface area contributed by atoms with Gasteiger partial charge in [-0.15, -0.1) is 0 Å². The first-order valence-corrected chi connectivity index (χ1v) is 12.5. The van der Waals surface area contributed by atoms with Crippen molar-refractivity contribution in [1.29, 1.82) is 0 Å². The number of benzene rings is 2. The van der Waals surface area contributed by atoms with Crippen LogP contribution in [0.4, 0.5) is 24.5 Å². The first-order chi connectivity index (χ1) is 18.1. The van der Waals surface area contributed by atoms with E-state index in [1.54, 1.807) is 41.5 Å². The van der Waals surface area contributed by atoms with E-state index in [1.165, 1.54) is 12.1 Å². The third-order valence-corrected chi connectivity index (χ3v) is 5.84. The van der Waals surface area contributed by atoms with Gasteiger partial charge in [0.1, 0.15) is 11.6 Å². The predicted octanol–water partition coefficient (Wildman–Crippen LogP) is 6.77. The molecule has 210 valence electrons.